The van der Waals surface area contributed by atoms with E-state index in [9.17, 15) is 0 Å². The second-order valence-corrected chi connectivity index (χ2v) is 4.42. The molecule has 1 heterocycles. The zero-order valence-electron chi connectivity index (χ0n) is 9.04. The molecule has 0 aliphatic carbocycles. The maximum atomic E-state index is 5.41. The highest BCUT2D eigenvalue weighted by atomic mass is 32.1. The number of aromatic nitrogens is 1. The average molecular weight is 214 g/mol. The molecular weight excluding hydrogens is 196 g/mol. The van der Waals surface area contributed by atoms with Crippen LogP contribution in [0.15, 0.2) is 6.07 Å². The van der Waals surface area contributed by atoms with Gasteiger partial charge >= 0.3 is 0 Å². The van der Waals surface area contributed by atoms with Crippen LogP contribution in [-0.2, 0) is 11.3 Å². The summed E-state index contributed by atoms with van der Waals surface area (Å²) < 4.78 is 9.62. The molecule has 0 fully saturated rings. The Morgan fingerprint density at radius 2 is 2.36 bits per heavy atom. The molecule has 1 aromatic rings. The zero-order valence-corrected chi connectivity index (χ0v) is 9.86. The number of ether oxygens (including phenoxy) is 1. The second kappa shape index (κ2) is 6.11. The topological polar surface area (TPSA) is 34.1 Å². The quantitative estimate of drug-likeness (QED) is 0.735. The molecule has 4 heteroatoms. The Morgan fingerprint density at radius 3 is 2.93 bits per heavy atom. The van der Waals surface area contributed by atoms with Gasteiger partial charge in [0.1, 0.15) is 0 Å². The van der Waals surface area contributed by atoms with E-state index in [4.69, 9.17) is 4.74 Å². The van der Waals surface area contributed by atoms with Gasteiger partial charge in [-0.15, -0.1) is 0 Å². The van der Waals surface area contributed by atoms with E-state index in [0.717, 1.165) is 25.4 Å². The first kappa shape index (κ1) is 11.6. The lowest BCUT2D eigenvalue weighted by Gasteiger charge is -2.07. The van der Waals surface area contributed by atoms with Crippen molar-refractivity contribution in [1.82, 2.24) is 9.69 Å². The number of nitrogens with zero attached hydrogens (tertiary/aromatic N) is 1. The van der Waals surface area contributed by atoms with E-state index in [-0.39, 0.29) is 0 Å². The fourth-order valence-electron chi connectivity index (χ4n) is 1.08. The number of aryl methyl sites for hydroxylation is 1. The molecule has 0 aliphatic rings. The summed E-state index contributed by atoms with van der Waals surface area (Å²) in [5.74, 6) is 0. The van der Waals surface area contributed by atoms with Crippen molar-refractivity contribution in [2.24, 2.45) is 0 Å². The van der Waals surface area contributed by atoms with Crippen molar-refractivity contribution in [2.75, 3.05) is 13.2 Å². The maximum absolute atomic E-state index is 5.41. The van der Waals surface area contributed by atoms with Crippen LogP contribution in [0.1, 0.15) is 24.4 Å². The predicted octanol–water partition coefficient (Wildman–Crippen LogP) is 1.97. The van der Waals surface area contributed by atoms with Gasteiger partial charge < -0.3 is 10.1 Å². The van der Waals surface area contributed by atoms with Crippen LogP contribution in [-0.4, -0.2) is 23.6 Å². The Balaban J connectivity index is 2.04. The number of rotatable bonds is 6. The minimum atomic E-state index is 0.322. The van der Waals surface area contributed by atoms with Gasteiger partial charge in [-0.05, 0) is 38.4 Å². The van der Waals surface area contributed by atoms with Crippen molar-refractivity contribution in [3.05, 3.63) is 16.6 Å². The zero-order chi connectivity index (χ0) is 10.4. The van der Waals surface area contributed by atoms with Gasteiger partial charge in [0.2, 0.25) is 0 Å². The highest BCUT2D eigenvalue weighted by Gasteiger charge is 1.97. The second-order valence-electron chi connectivity index (χ2n) is 3.53. The van der Waals surface area contributed by atoms with Crippen molar-refractivity contribution in [3.63, 3.8) is 0 Å². The highest BCUT2D eigenvalue weighted by molar-refractivity contribution is 7.05. The molecule has 0 radical (unpaired) electrons. The molecule has 1 aromatic heterocycles. The molecule has 3 nitrogen and oxygen atoms in total. The van der Waals surface area contributed by atoms with Crippen molar-refractivity contribution in [2.45, 2.75) is 33.4 Å². The van der Waals surface area contributed by atoms with Crippen molar-refractivity contribution >= 4 is 11.5 Å². The monoisotopic (exact) mass is 214 g/mol. The van der Waals surface area contributed by atoms with Crippen molar-refractivity contribution in [1.29, 1.82) is 0 Å². The summed E-state index contributed by atoms with van der Waals surface area (Å²) >= 11 is 1.56. The lowest BCUT2D eigenvalue weighted by atomic mass is 10.4. The summed E-state index contributed by atoms with van der Waals surface area (Å²) in [6.45, 7) is 8.68. The Bertz CT molecular complexity index is 260. The molecule has 1 rings (SSSR count). The van der Waals surface area contributed by atoms with E-state index in [1.54, 1.807) is 11.5 Å². The van der Waals surface area contributed by atoms with Gasteiger partial charge in [0, 0.05) is 18.0 Å². The largest absolute Gasteiger partial charge is 0.377 e. The van der Waals surface area contributed by atoms with E-state index < -0.39 is 0 Å². The summed E-state index contributed by atoms with van der Waals surface area (Å²) in [6.07, 6.45) is 0.322. The third kappa shape index (κ3) is 4.69. The van der Waals surface area contributed by atoms with E-state index >= 15 is 0 Å². The van der Waals surface area contributed by atoms with Gasteiger partial charge in [0.25, 0.3) is 0 Å². The van der Waals surface area contributed by atoms with Crippen LogP contribution in [0.3, 0.4) is 0 Å². The summed E-state index contributed by atoms with van der Waals surface area (Å²) in [4.78, 5) is 1.28. The van der Waals surface area contributed by atoms with E-state index in [1.165, 1.54) is 4.88 Å². The van der Waals surface area contributed by atoms with Crippen LogP contribution in [0, 0.1) is 6.92 Å². The third-order valence-corrected chi connectivity index (χ3v) is 2.58. The van der Waals surface area contributed by atoms with Gasteiger partial charge in [0.15, 0.2) is 0 Å². The van der Waals surface area contributed by atoms with Gasteiger partial charge in [-0.2, -0.15) is 4.37 Å². The van der Waals surface area contributed by atoms with Crippen LogP contribution >= 0.6 is 11.5 Å². The van der Waals surface area contributed by atoms with E-state index in [2.05, 4.69) is 15.8 Å². The smallest absolute Gasteiger partial charge is 0.0594 e. The molecule has 0 spiro atoms. The Kier molecular flexibility index (Phi) is 5.07. The fourth-order valence-corrected chi connectivity index (χ4v) is 1.78. The summed E-state index contributed by atoms with van der Waals surface area (Å²) in [5, 5.41) is 3.32. The van der Waals surface area contributed by atoms with Crippen molar-refractivity contribution in [3.8, 4) is 0 Å². The van der Waals surface area contributed by atoms with Crippen LogP contribution in [0.4, 0.5) is 0 Å². The third-order valence-electron chi connectivity index (χ3n) is 1.71. The molecule has 1 N–H and O–H groups in total. The van der Waals surface area contributed by atoms with Crippen molar-refractivity contribution < 1.29 is 4.74 Å². The predicted molar refractivity (Wildman–Crippen MR) is 59.6 cm³/mol. The Morgan fingerprint density at radius 1 is 1.57 bits per heavy atom. The van der Waals surface area contributed by atoms with E-state index in [0.29, 0.717) is 6.10 Å². The number of hydrogen-bond donors (Lipinski definition) is 1. The molecule has 0 saturated heterocycles. The minimum absolute atomic E-state index is 0.322. The first-order chi connectivity index (χ1) is 6.68. The molecular formula is C10H18N2OS. The Labute approximate surface area is 89.7 Å². The minimum Gasteiger partial charge on any atom is -0.377 e. The number of hydrogen-bond acceptors (Lipinski definition) is 4. The van der Waals surface area contributed by atoms with E-state index in [1.807, 2.05) is 20.8 Å². The molecule has 0 aromatic carbocycles. The maximum Gasteiger partial charge on any atom is 0.0594 e. The molecule has 14 heavy (non-hydrogen) atoms. The lowest BCUT2D eigenvalue weighted by molar-refractivity contribution is 0.0807. The highest BCUT2D eigenvalue weighted by Crippen LogP contribution is 2.07. The van der Waals surface area contributed by atoms with Crippen LogP contribution in [0.5, 0.6) is 0 Å². The van der Waals surface area contributed by atoms with Crippen LogP contribution in [0.2, 0.25) is 0 Å². The van der Waals surface area contributed by atoms with Gasteiger partial charge in [0.05, 0.1) is 18.4 Å². The number of nitrogens with one attached hydrogen (secondary N) is 1. The molecule has 0 aliphatic heterocycles. The fraction of sp³-hybridized carbons (Fsp3) is 0.700. The summed E-state index contributed by atoms with van der Waals surface area (Å²) in [5.41, 5.74) is 1.10. The standard InChI is InChI=1S/C10H18N2OS/c1-8(2)13-5-4-11-7-10-6-9(3)12-14-10/h6,8,11H,4-5,7H2,1-3H3. The average Bonchev–Trinajstić information content (AvgIpc) is 2.50. The SMILES string of the molecule is Cc1cc(CNCCOC(C)C)sn1. The summed E-state index contributed by atoms with van der Waals surface area (Å²) in [6, 6.07) is 2.11. The molecule has 0 atom stereocenters. The first-order valence-corrected chi connectivity index (χ1v) is 5.70. The lowest BCUT2D eigenvalue weighted by Crippen LogP contribution is -2.20. The molecule has 80 valence electrons. The van der Waals surface area contributed by atoms with Crippen LogP contribution < -0.4 is 5.32 Å². The molecule has 0 saturated carbocycles. The molecule has 0 amide bonds. The Hall–Kier alpha value is -0.450. The first-order valence-electron chi connectivity index (χ1n) is 4.93. The molecule has 0 unspecified atom stereocenters. The van der Waals surface area contributed by atoms with Gasteiger partial charge in [-0.1, -0.05) is 0 Å². The molecule has 0 bridgehead atoms. The summed E-state index contributed by atoms with van der Waals surface area (Å²) in [7, 11) is 0. The van der Waals surface area contributed by atoms with Gasteiger partial charge in [-0.25, -0.2) is 0 Å². The normalized spacial score (nSPS) is 11.1. The van der Waals surface area contributed by atoms with Crippen LogP contribution in [0.25, 0.3) is 0 Å². The van der Waals surface area contributed by atoms with Gasteiger partial charge in [-0.3, -0.25) is 0 Å².